The number of aliphatic hydroxyl groups excluding tert-OH is 1. The average Bonchev–Trinajstić information content (AvgIpc) is 2.56. The van der Waals surface area contributed by atoms with E-state index >= 15 is 0 Å². The number of carbonyl (C=O) groups excluding carboxylic acids is 1. The number of hydrogen-bond donors (Lipinski definition) is 1. The molecule has 1 N–H and O–H groups in total. The Hall–Kier alpha value is -2.29. The van der Waals surface area contributed by atoms with Crippen LogP contribution >= 0.6 is 0 Å². The molecule has 0 spiro atoms. The maximum Gasteiger partial charge on any atom is 0.155 e. The van der Waals surface area contributed by atoms with Gasteiger partial charge in [-0.1, -0.05) is 38.1 Å². The van der Waals surface area contributed by atoms with Crippen molar-refractivity contribution in [2.45, 2.75) is 34.6 Å². The summed E-state index contributed by atoms with van der Waals surface area (Å²) in [6, 6.07) is 18.1. The van der Waals surface area contributed by atoms with Gasteiger partial charge in [-0.05, 0) is 38.1 Å². The average molecular weight is 539 g/mol. The van der Waals surface area contributed by atoms with Crippen molar-refractivity contribution < 1.29 is 30.0 Å². The van der Waals surface area contributed by atoms with Gasteiger partial charge in [0.2, 0.25) is 0 Å². The quantitative estimate of drug-likeness (QED) is 0.260. The first-order chi connectivity index (χ1) is 12.3. The van der Waals surface area contributed by atoms with E-state index in [1.807, 2.05) is 6.07 Å². The molecule has 0 fully saturated rings. The molecule has 143 valence electrons. The van der Waals surface area contributed by atoms with Gasteiger partial charge in [-0.3, -0.25) is 9.78 Å². The monoisotopic (exact) mass is 539 g/mol. The standard InChI is InChI=1S/C18H16N.C5H8O2.Ir/c1-12-8-9-13(2)16(10-12)18-11-14(3)15-6-4-5-7-17(15)19-18;1-4(6)3-5(2)7;/h4-9,11H,1-3H3;3,6H,1-2H3;/q-1;;/b;4-3-;. The summed E-state index contributed by atoms with van der Waals surface area (Å²) in [7, 11) is 0. The number of hydrogen-bond acceptors (Lipinski definition) is 3. The number of aliphatic hydroxyl groups is 1. The molecule has 0 aliphatic heterocycles. The number of benzene rings is 2. The van der Waals surface area contributed by atoms with Crippen molar-refractivity contribution in [2.24, 2.45) is 0 Å². The van der Waals surface area contributed by atoms with Crippen LogP contribution < -0.4 is 0 Å². The second-order valence-electron chi connectivity index (χ2n) is 6.44. The molecule has 0 unspecified atom stereocenters. The zero-order valence-electron chi connectivity index (χ0n) is 16.3. The minimum atomic E-state index is -0.125. The van der Waals surface area contributed by atoms with E-state index in [4.69, 9.17) is 10.1 Å². The summed E-state index contributed by atoms with van der Waals surface area (Å²) in [4.78, 5) is 14.8. The Morgan fingerprint density at radius 2 is 1.70 bits per heavy atom. The normalized spacial score (nSPS) is 10.6. The molecule has 27 heavy (non-hydrogen) atoms. The third kappa shape index (κ3) is 6.42. The summed E-state index contributed by atoms with van der Waals surface area (Å²) in [6.45, 7) is 9.16. The van der Waals surface area contributed by atoms with E-state index in [0.717, 1.165) is 22.3 Å². The maximum absolute atomic E-state index is 10.0. The number of ketones is 1. The topological polar surface area (TPSA) is 50.2 Å². The number of para-hydroxylation sites is 1. The van der Waals surface area contributed by atoms with Crippen LogP contribution in [0, 0.1) is 26.8 Å². The van der Waals surface area contributed by atoms with Crippen molar-refractivity contribution >= 4 is 16.7 Å². The molecule has 3 aromatic rings. The van der Waals surface area contributed by atoms with Crippen LogP contribution in [0.2, 0.25) is 0 Å². The predicted molar refractivity (Wildman–Crippen MR) is 107 cm³/mol. The van der Waals surface area contributed by atoms with Gasteiger partial charge in [0.25, 0.3) is 0 Å². The van der Waals surface area contributed by atoms with Crippen LogP contribution in [0.3, 0.4) is 0 Å². The number of nitrogens with zero attached hydrogens (tertiary/aromatic N) is 1. The minimum Gasteiger partial charge on any atom is -0.512 e. The van der Waals surface area contributed by atoms with Crippen molar-refractivity contribution in [3.63, 3.8) is 0 Å². The smallest absolute Gasteiger partial charge is 0.155 e. The van der Waals surface area contributed by atoms with E-state index in [2.05, 4.69) is 63.2 Å². The first-order valence-electron chi connectivity index (χ1n) is 8.52. The van der Waals surface area contributed by atoms with Gasteiger partial charge in [0.05, 0.1) is 11.3 Å². The summed E-state index contributed by atoms with van der Waals surface area (Å²) >= 11 is 0. The van der Waals surface area contributed by atoms with Crippen molar-refractivity contribution in [2.75, 3.05) is 0 Å². The predicted octanol–water partition coefficient (Wildman–Crippen LogP) is 5.66. The number of fused-ring (bicyclic) bond motifs is 1. The van der Waals surface area contributed by atoms with Gasteiger partial charge >= 0.3 is 0 Å². The van der Waals surface area contributed by atoms with Gasteiger partial charge in [-0.15, -0.1) is 34.9 Å². The van der Waals surface area contributed by atoms with Crippen LogP contribution in [0.15, 0.2) is 54.3 Å². The van der Waals surface area contributed by atoms with Gasteiger partial charge in [-0.2, -0.15) is 0 Å². The minimum absolute atomic E-state index is 0. The van der Waals surface area contributed by atoms with Gasteiger partial charge in [0, 0.05) is 31.6 Å². The molecule has 0 aliphatic carbocycles. The largest absolute Gasteiger partial charge is 0.512 e. The van der Waals surface area contributed by atoms with Crippen LogP contribution in [0.25, 0.3) is 22.2 Å². The van der Waals surface area contributed by atoms with Crippen molar-refractivity contribution in [1.29, 1.82) is 0 Å². The Morgan fingerprint density at radius 1 is 1.04 bits per heavy atom. The number of aromatic nitrogens is 1. The summed E-state index contributed by atoms with van der Waals surface area (Å²) in [5.74, 6) is -0.0625. The Bertz CT molecular complexity index is 973. The van der Waals surface area contributed by atoms with Crippen molar-refractivity contribution in [3.8, 4) is 11.3 Å². The first-order valence-corrected chi connectivity index (χ1v) is 8.52. The molecule has 1 radical (unpaired) electrons. The Labute approximate surface area is 174 Å². The second-order valence-corrected chi connectivity index (χ2v) is 6.44. The van der Waals surface area contributed by atoms with E-state index in [1.165, 1.54) is 36.4 Å². The molecule has 0 atom stereocenters. The number of rotatable bonds is 2. The number of pyridine rings is 1. The molecule has 0 bridgehead atoms. The molecule has 3 nitrogen and oxygen atoms in total. The maximum atomic E-state index is 10.0. The molecule has 1 heterocycles. The van der Waals surface area contributed by atoms with Crippen LogP contribution in [0.1, 0.15) is 30.5 Å². The molecule has 0 saturated carbocycles. The first kappa shape index (κ1) is 22.7. The summed E-state index contributed by atoms with van der Waals surface area (Å²) < 4.78 is 0. The Balaban J connectivity index is 0.000000395. The number of allylic oxidation sites excluding steroid dienone is 2. The molecule has 0 aliphatic rings. The van der Waals surface area contributed by atoms with Crippen LogP contribution in [-0.2, 0) is 24.9 Å². The molecule has 4 heteroatoms. The zero-order chi connectivity index (χ0) is 19.3. The molecular weight excluding hydrogens is 514 g/mol. The van der Waals surface area contributed by atoms with E-state index < -0.39 is 0 Å². The molecule has 3 rings (SSSR count). The molecule has 2 aromatic carbocycles. The van der Waals surface area contributed by atoms with E-state index in [-0.39, 0.29) is 31.6 Å². The van der Waals surface area contributed by atoms with E-state index in [0.29, 0.717) is 0 Å². The van der Waals surface area contributed by atoms with Gasteiger partial charge < -0.3 is 5.11 Å². The Morgan fingerprint density at radius 3 is 2.30 bits per heavy atom. The second kappa shape index (κ2) is 10.1. The van der Waals surface area contributed by atoms with E-state index in [1.54, 1.807) is 0 Å². The fourth-order valence-corrected chi connectivity index (χ4v) is 2.71. The summed E-state index contributed by atoms with van der Waals surface area (Å²) in [5, 5.41) is 9.58. The summed E-state index contributed by atoms with van der Waals surface area (Å²) in [6.07, 6.45) is 1.17. The van der Waals surface area contributed by atoms with Crippen LogP contribution in [0.5, 0.6) is 0 Å². The fraction of sp³-hybridized carbons (Fsp3) is 0.217. The third-order valence-corrected chi connectivity index (χ3v) is 3.89. The molecule has 0 amide bonds. The van der Waals surface area contributed by atoms with Crippen LogP contribution in [-0.4, -0.2) is 15.9 Å². The zero-order valence-corrected chi connectivity index (χ0v) is 18.6. The number of carbonyl (C=O) groups is 1. The SMILES string of the molecule is CC(=O)/C=C(/C)O.Cc1[c-]c(-c2cc(C)c3ccccc3n2)c(C)cc1.[Ir]. The van der Waals surface area contributed by atoms with Crippen molar-refractivity contribution in [1.82, 2.24) is 4.98 Å². The molecule has 0 saturated heterocycles. The van der Waals surface area contributed by atoms with Crippen LogP contribution in [0.4, 0.5) is 0 Å². The molecule has 1 aromatic heterocycles. The van der Waals surface area contributed by atoms with Gasteiger partial charge in [-0.25, -0.2) is 0 Å². The van der Waals surface area contributed by atoms with Gasteiger partial charge in [0.1, 0.15) is 0 Å². The number of aryl methyl sites for hydroxylation is 3. The Kier molecular flexibility index (Phi) is 8.55. The fourth-order valence-electron chi connectivity index (χ4n) is 2.71. The molecular formula is C23H24IrNO2-. The third-order valence-electron chi connectivity index (χ3n) is 3.89. The summed E-state index contributed by atoms with van der Waals surface area (Å²) in [5.41, 5.74) is 6.79. The van der Waals surface area contributed by atoms with E-state index in [9.17, 15) is 4.79 Å². The van der Waals surface area contributed by atoms with Gasteiger partial charge in [0.15, 0.2) is 5.78 Å². The van der Waals surface area contributed by atoms with Crippen molar-refractivity contribution in [3.05, 3.63) is 77.1 Å².